The first-order chi connectivity index (χ1) is 8.13. The third kappa shape index (κ3) is 4.74. The molecule has 0 N–H and O–H groups in total. The summed E-state index contributed by atoms with van der Waals surface area (Å²) in [5.41, 5.74) is 1.09. The first-order valence-electron chi connectivity index (χ1n) is 5.37. The third-order valence-corrected chi connectivity index (χ3v) is 2.37. The Morgan fingerprint density at radius 3 is 2.53 bits per heavy atom. The Labute approximate surface area is 99.5 Å². The molecule has 1 aromatic carbocycles. The molecule has 0 aliphatic heterocycles. The molecule has 17 heavy (non-hydrogen) atoms. The van der Waals surface area contributed by atoms with Crippen LogP contribution >= 0.6 is 0 Å². The number of ketones is 1. The normalized spacial score (nSPS) is 10.2. The molecule has 0 spiro atoms. The number of nitro benzene ring substituents is 1. The van der Waals surface area contributed by atoms with Crippen LogP contribution in [0.3, 0.4) is 0 Å². The van der Waals surface area contributed by atoms with Crippen molar-refractivity contribution >= 4 is 11.5 Å². The number of benzene rings is 1. The van der Waals surface area contributed by atoms with Gasteiger partial charge in [0, 0.05) is 25.7 Å². The van der Waals surface area contributed by atoms with E-state index in [-0.39, 0.29) is 18.1 Å². The predicted octanol–water partition coefficient (Wildman–Crippen LogP) is 2.13. The average Bonchev–Trinajstić information content (AvgIpc) is 2.30. The number of methoxy groups -OCH3 is 1. The van der Waals surface area contributed by atoms with Crippen LogP contribution in [0, 0.1) is 10.1 Å². The first kappa shape index (κ1) is 13.3. The van der Waals surface area contributed by atoms with Gasteiger partial charge in [0.1, 0.15) is 6.61 Å². The molecule has 1 aromatic rings. The molecule has 5 nitrogen and oxygen atoms in total. The van der Waals surface area contributed by atoms with Crippen molar-refractivity contribution in [2.75, 3.05) is 13.7 Å². The predicted molar refractivity (Wildman–Crippen MR) is 62.9 cm³/mol. The molecule has 0 bridgehead atoms. The summed E-state index contributed by atoms with van der Waals surface area (Å²) >= 11 is 0. The molecule has 1 rings (SSSR count). The Bertz CT molecular complexity index is 386. The summed E-state index contributed by atoms with van der Waals surface area (Å²) < 4.78 is 4.72. The molecule has 0 saturated carbocycles. The summed E-state index contributed by atoms with van der Waals surface area (Å²) in [5, 5.41) is 10.4. The van der Waals surface area contributed by atoms with Crippen LogP contribution in [-0.4, -0.2) is 24.4 Å². The highest BCUT2D eigenvalue weighted by molar-refractivity contribution is 5.79. The highest BCUT2D eigenvalue weighted by atomic mass is 16.6. The van der Waals surface area contributed by atoms with Gasteiger partial charge in [0.25, 0.3) is 5.69 Å². The first-order valence-corrected chi connectivity index (χ1v) is 5.37. The van der Waals surface area contributed by atoms with E-state index in [4.69, 9.17) is 4.74 Å². The number of carbonyl (C=O) groups excluding carboxylic acids is 1. The van der Waals surface area contributed by atoms with Gasteiger partial charge in [0.2, 0.25) is 0 Å². The van der Waals surface area contributed by atoms with E-state index >= 15 is 0 Å². The van der Waals surface area contributed by atoms with Crippen LogP contribution in [0.5, 0.6) is 0 Å². The van der Waals surface area contributed by atoms with Crippen LogP contribution in [0.25, 0.3) is 0 Å². The van der Waals surface area contributed by atoms with E-state index in [2.05, 4.69) is 0 Å². The summed E-state index contributed by atoms with van der Waals surface area (Å²) in [6.07, 6.45) is 1.96. The quantitative estimate of drug-likeness (QED) is 0.538. The van der Waals surface area contributed by atoms with Crippen LogP contribution in [0.1, 0.15) is 18.4 Å². The van der Waals surface area contributed by atoms with Gasteiger partial charge >= 0.3 is 0 Å². The number of Topliss-reactive ketones (excluding diaryl/α,β-unsaturated/α-hetero) is 1. The molecule has 0 aliphatic rings. The van der Waals surface area contributed by atoms with Gasteiger partial charge in [-0.15, -0.1) is 0 Å². The summed E-state index contributed by atoms with van der Waals surface area (Å²) in [4.78, 5) is 21.2. The van der Waals surface area contributed by atoms with E-state index in [1.165, 1.54) is 19.2 Å². The minimum absolute atomic E-state index is 0.0782. The van der Waals surface area contributed by atoms with Crippen LogP contribution in [0.15, 0.2) is 24.3 Å². The SMILES string of the molecule is COCC(=O)CCCc1ccc([N+](=O)[O-])cc1. The van der Waals surface area contributed by atoms with E-state index in [1.807, 2.05) is 0 Å². The van der Waals surface area contributed by atoms with Gasteiger partial charge in [-0.2, -0.15) is 0 Å². The maximum Gasteiger partial charge on any atom is 0.269 e. The van der Waals surface area contributed by atoms with Gasteiger partial charge in [0.15, 0.2) is 5.78 Å². The molecule has 92 valence electrons. The minimum atomic E-state index is -0.425. The number of aryl methyl sites for hydroxylation is 1. The number of hydrogen-bond donors (Lipinski definition) is 0. The molecule has 0 fully saturated rings. The van der Waals surface area contributed by atoms with Gasteiger partial charge in [-0.05, 0) is 18.4 Å². The highest BCUT2D eigenvalue weighted by Gasteiger charge is 2.05. The van der Waals surface area contributed by atoms with Gasteiger partial charge in [0.05, 0.1) is 4.92 Å². The highest BCUT2D eigenvalue weighted by Crippen LogP contribution is 2.13. The molecule has 0 aromatic heterocycles. The van der Waals surface area contributed by atoms with Crippen molar-refractivity contribution in [1.82, 2.24) is 0 Å². The van der Waals surface area contributed by atoms with Crippen LogP contribution < -0.4 is 0 Å². The zero-order valence-electron chi connectivity index (χ0n) is 9.72. The molecule has 5 heteroatoms. The number of non-ortho nitro benzene ring substituents is 1. The van der Waals surface area contributed by atoms with Crippen molar-refractivity contribution in [2.24, 2.45) is 0 Å². The monoisotopic (exact) mass is 237 g/mol. The van der Waals surface area contributed by atoms with Crippen molar-refractivity contribution in [3.63, 3.8) is 0 Å². The third-order valence-electron chi connectivity index (χ3n) is 2.37. The fraction of sp³-hybridized carbons (Fsp3) is 0.417. The molecular weight excluding hydrogens is 222 g/mol. The second-order valence-corrected chi connectivity index (χ2v) is 3.75. The van der Waals surface area contributed by atoms with E-state index in [9.17, 15) is 14.9 Å². The van der Waals surface area contributed by atoms with E-state index in [1.54, 1.807) is 12.1 Å². The van der Waals surface area contributed by atoms with Crippen molar-refractivity contribution in [3.8, 4) is 0 Å². The molecule has 0 unspecified atom stereocenters. The molecule has 0 saturated heterocycles. The zero-order chi connectivity index (χ0) is 12.7. The number of carbonyl (C=O) groups is 1. The van der Waals surface area contributed by atoms with E-state index in [0.29, 0.717) is 6.42 Å². The van der Waals surface area contributed by atoms with Crippen LogP contribution in [-0.2, 0) is 16.0 Å². The Morgan fingerprint density at radius 2 is 2.00 bits per heavy atom. The average molecular weight is 237 g/mol. The Hall–Kier alpha value is -1.75. The Kier molecular flexibility index (Phi) is 5.29. The summed E-state index contributed by atoms with van der Waals surface area (Å²) in [6.45, 7) is 0.153. The fourth-order valence-corrected chi connectivity index (χ4v) is 1.51. The molecule has 0 amide bonds. The fourth-order valence-electron chi connectivity index (χ4n) is 1.51. The Balaban J connectivity index is 2.37. The number of ether oxygens (including phenoxy) is 1. The molecule has 0 atom stereocenters. The van der Waals surface area contributed by atoms with Crippen molar-refractivity contribution < 1.29 is 14.5 Å². The van der Waals surface area contributed by atoms with E-state index in [0.717, 1.165) is 18.4 Å². The lowest BCUT2D eigenvalue weighted by Crippen LogP contribution is -2.06. The zero-order valence-corrected chi connectivity index (χ0v) is 9.72. The number of nitro groups is 1. The second-order valence-electron chi connectivity index (χ2n) is 3.75. The lowest BCUT2D eigenvalue weighted by atomic mass is 10.1. The topological polar surface area (TPSA) is 69.4 Å². The van der Waals surface area contributed by atoms with Gasteiger partial charge in [-0.25, -0.2) is 0 Å². The number of nitrogens with zero attached hydrogens (tertiary/aromatic N) is 1. The van der Waals surface area contributed by atoms with Gasteiger partial charge in [-0.3, -0.25) is 14.9 Å². The second kappa shape index (κ2) is 6.75. The van der Waals surface area contributed by atoms with Gasteiger partial charge < -0.3 is 4.74 Å². The largest absolute Gasteiger partial charge is 0.377 e. The van der Waals surface area contributed by atoms with E-state index < -0.39 is 4.92 Å². The Morgan fingerprint density at radius 1 is 1.35 bits per heavy atom. The maximum atomic E-state index is 11.2. The number of hydrogen-bond acceptors (Lipinski definition) is 4. The summed E-state index contributed by atoms with van der Waals surface area (Å²) in [6, 6.07) is 6.40. The molecule has 0 heterocycles. The van der Waals surface area contributed by atoms with Crippen LogP contribution in [0.4, 0.5) is 5.69 Å². The lowest BCUT2D eigenvalue weighted by Gasteiger charge is -2.01. The number of rotatable bonds is 7. The maximum absolute atomic E-state index is 11.2. The lowest BCUT2D eigenvalue weighted by molar-refractivity contribution is -0.384. The summed E-state index contributed by atoms with van der Waals surface area (Å²) in [5.74, 6) is 0.0782. The molecular formula is C12H15NO4. The smallest absolute Gasteiger partial charge is 0.269 e. The van der Waals surface area contributed by atoms with Gasteiger partial charge in [-0.1, -0.05) is 12.1 Å². The standard InChI is InChI=1S/C12H15NO4/c1-17-9-12(14)4-2-3-10-5-7-11(8-6-10)13(15)16/h5-8H,2-4,9H2,1H3. The minimum Gasteiger partial charge on any atom is -0.377 e. The van der Waals surface area contributed by atoms with Crippen LogP contribution in [0.2, 0.25) is 0 Å². The van der Waals surface area contributed by atoms with Crippen molar-refractivity contribution in [1.29, 1.82) is 0 Å². The van der Waals surface area contributed by atoms with Crippen molar-refractivity contribution in [2.45, 2.75) is 19.3 Å². The van der Waals surface area contributed by atoms with Crippen molar-refractivity contribution in [3.05, 3.63) is 39.9 Å². The molecule has 0 aliphatic carbocycles. The molecule has 0 radical (unpaired) electrons. The summed E-state index contributed by atoms with van der Waals surface area (Å²) in [7, 11) is 1.49.